The number of hydrogen-bond acceptors (Lipinski definition) is 4. The van der Waals surface area contributed by atoms with Crippen LogP contribution in [0.5, 0.6) is 0 Å². The lowest BCUT2D eigenvalue weighted by molar-refractivity contribution is -0.0922. The van der Waals surface area contributed by atoms with Gasteiger partial charge in [0.25, 0.3) is 0 Å². The number of aliphatic imine (C=N–C) groups is 1. The lowest BCUT2D eigenvalue weighted by Gasteiger charge is -2.51. The molecule has 1 heterocycles. The van der Waals surface area contributed by atoms with Gasteiger partial charge in [0.15, 0.2) is 5.96 Å². The number of nitrogens with one attached hydrogen (secondary N) is 2. The summed E-state index contributed by atoms with van der Waals surface area (Å²) in [6, 6.07) is 0.385. The lowest BCUT2D eigenvalue weighted by atomic mass is 9.64. The number of thiazole rings is 1. The van der Waals surface area contributed by atoms with Crippen LogP contribution in [0.4, 0.5) is 0 Å². The van der Waals surface area contributed by atoms with Crippen LogP contribution in [0, 0.1) is 5.41 Å². The number of nitrogens with zero attached hydrogens (tertiary/aromatic N) is 2. The number of aryl methyl sites for hydroxylation is 1. The summed E-state index contributed by atoms with van der Waals surface area (Å²) in [6.45, 7) is 7.31. The van der Waals surface area contributed by atoms with Crippen LogP contribution < -0.4 is 10.6 Å². The molecule has 2 N–H and O–H groups in total. The number of methoxy groups -OCH3 is 1. The molecule has 1 saturated carbocycles. The summed E-state index contributed by atoms with van der Waals surface area (Å²) >= 11 is 1.75. The van der Waals surface area contributed by atoms with E-state index in [9.17, 15) is 0 Å². The highest BCUT2D eigenvalue weighted by molar-refractivity contribution is 14.0. The van der Waals surface area contributed by atoms with Crippen molar-refractivity contribution < 1.29 is 4.74 Å². The average molecular weight is 438 g/mol. The Hall–Kier alpha value is -0.410. The van der Waals surface area contributed by atoms with Gasteiger partial charge in [0.05, 0.1) is 12.6 Å². The fourth-order valence-electron chi connectivity index (χ4n) is 2.64. The van der Waals surface area contributed by atoms with Crippen molar-refractivity contribution in [3.63, 3.8) is 0 Å². The number of ether oxygens (including phenoxy) is 1. The minimum absolute atomic E-state index is 0. The maximum Gasteiger partial charge on any atom is 0.191 e. The fraction of sp³-hybridized carbons (Fsp3) is 0.733. The smallest absolute Gasteiger partial charge is 0.191 e. The third-order valence-corrected chi connectivity index (χ3v) is 5.50. The SMILES string of the molecule is CCc1cnc(CNC(=NC)NC2CC(OC)C2(C)C)s1.I. The standard InChI is InChI=1S/C15H26N4OS.HI/c1-6-10-8-17-13(21-10)9-18-14(16-4)19-11-7-12(20-5)15(11,2)3;/h8,11-12H,6-7,9H2,1-5H3,(H2,16,18,19);1H. The van der Waals surface area contributed by atoms with Gasteiger partial charge in [-0.3, -0.25) is 4.99 Å². The second-order valence-corrected chi connectivity index (χ2v) is 7.18. The molecule has 2 atom stereocenters. The lowest BCUT2D eigenvalue weighted by Crippen LogP contribution is -2.63. The molecule has 0 bridgehead atoms. The highest BCUT2D eigenvalue weighted by atomic mass is 127. The van der Waals surface area contributed by atoms with Gasteiger partial charge < -0.3 is 15.4 Å². The molecule has 1 fully saturated rings. The van der Waals surface area contributed by atoms with E-state index in [1.54, 1.807) is 25.5 Å². The Bertz CT molecular complexity index is 503. The van der Waals surface area contributed by atoms with Crippen LogP contribution in [0.25, 0.3) is 0 Å². The molecule has 1 aromatic rings. The maximum atomic E-state index is 5.48. The predicted octanol–water partition coefficient (Wildman–Crippen LogP) is 2.80. The minimum Gasteiger partial charge on any atom is -0.381 e. The molecular weight excluding hydrogens is 411 g/mol. The van der Waals surface area contributed by atoms with Crippen LogP contribution in [-0.2, 0) is 17.7 Å². The van der Waals surface area contributed by atoms with E-state index >= 15 is 0 Å². The van der Waals surface area contributed by atoms with Crippen LogP contribution in [0.3, 0.4) is 0 Å². The molecule has 0 aromatic carbocycles. The molecule has 0 saturated heterocycles. The number of halogens is 1. The van der Waals surface area contributed by atoms with Crippen molar-refractivity contribution in [3.05, 3.63) is 16.1 Å². The Morgan fingerprint density at radius 1 is 1.55 bits per heavy atom. The summed E-state index contributed by atoms with van der Waals surface area (Å²) in [5.74, 6) is 0.830. The average Bonchev–Trinajstić information content (AvgIpc) is 2.94. The number of hydrogen-bond donors (Lipinski definition) is 2. The van der Waals surface area contributed by atoms with Crippen LogP contribution in [-0.4, -0.2) is 37.2 Å². The topological polar surface area (TPSA) is 58.5 Å². The van der Waals surface area contributed by atoms with E-state index in [1.165, 1.54) is 4.88 Å². The van der Waals surface area contributed by atoms with Gasteiger partial charge in [-0.15, -0.1) is 35.3 Å². The molecule has 0 radical (unpaired) electrons. The summed E-state index contributed by atoms with van der Waals surface area (Å²) in [5.41, 5.74) is 0.128. The van der Waals surface area contributed by atoms with E-state index in [4.69, 9.17) is 4.74 Å². The van der Waals surface area contributed by atoms with Gasteiger partial charge in [0, 0.05) is 36.7 Å². The van der Waals surface area contributed by atoms with E-state index in [0.717, 1.165) is 23.8 Å². The molecule has 22 heavy (non-hydrogen) atoms. The van der Waals surface area contributed by atoms with Gasteiger partial charge in [-0.05, 0) is 12.8 Å². The van der Waals surface area contributed by atoms with Crippen LogP contribution in [0.15, 0.2) is 11.2 Å². The second kappa shape index (κ2) is 8.44. The van der Waals surface area contributed by atoms with Crippen molar-refractivity contribution in [1.29, 1.82) is 0 Å². The zero-order chi connectivity index (χ0) is 15.5. The van der Waals surface area contributed by atoms with Crippen molar-refractivity contribution in [1.82, 2.24) is 15.6 Å². The van der Waals surface area contributed by atoms with Crippen molar-refractivity contribution in [2.45, 2.75) is 52.3 Å². The molecule has 1 aromatic heterocycles. The highest BCUT2D eigenvalue weighted by Crippen LogP contribution is 2.42. The second-order valence-electron chi connectivity index (χ2n) is 5.98. The summed E-state index contributed by atoms with van der Waals surface area (Å²) in [7, 11) is 3.58. The largest absolute Gasteiger partial charge is 0.381 e. The van der Waals surface area contributed by atoms with E-state index in [0.29, 0.717) is 18.7 Å². The van der Waals surface area contributed by atoms with E-state index < -0.39 is 0 Å². The highest BCUT2D eigenvalue weighted by Gasteiger charge is 2.48. The third kappa shape index (κ3) is 4.32. The first-order chi connectivity index (χ1) is 10.0. The number of aromatic nitrogens is 1. The van der Waals surface area contributed by atoms with E-state index in [2.05, 4.69) is 41.4 Å². The zero-order valence-electron chi connectivity index (χ0n) is 14.0. The summed E-state index contributed by atoms with van der Waals surface area (Å²) in [4.78, 5) is 10.0. The van der Waals surface area contributed by atoms with Crippen molar-refractivity contribution in [3.8, 4) is 0 Å². The maximum absolute atomic E-state index is 5.48. The number of rotatable bonds is 5. The molecule has 0 amide bonds. The Kier molecular flexibility index (Phi) is 7.54. The third-order valence-electron chi connectivity index (χ3n) is 4.35. The summed E-state index contributed by atoms with van der Waals surface area (Å²) in [6.07, 6.45) is 4.33. The summed E-state index contributed by atoms with van der Waals surface area (Å²) < 4.78 is 5.48. The predicted molar refractivity (Wildman–Crippen MR) is 103 cm³/mol. The Morgan fingerprint density at radius 2 is 2.27 bits per heavy atom. The van der Waals surface area contributed by atoms with Gasteiger partial charge in [-0.25, -0.2) is 4.98 Å². The van der Waals surface area contributed by atoms with Crippen molar-refractivity contribution >= 4 is 41.3 Å². The van der Waals surface area contributed by atoms with E-state index in [-0.39, 0.29) is 29.4 Å². The molecule has 0 spiro atoms. The van der Waals surface area contributed by atoms with Gasteiger partial charge in [-0.2, -0.15) is 0 Å². The fourth-order valence-corrected chi connectivity index (χ4v) is 3.44. The molecule has 1 aliphatic rings. The first-order valence-corrected chi connectivity index (χ1v) is 8.26. The quantitative estimate of drug-likeness (QED) is 0.422. The Labute approximate surface area is 154 Å². The van der Waals surface area contributed by atoms with Crippen molar-refractivity contribution in [2.75, 3.05) is 14.2 Å². The molecule has 0 aliphatic heterocycles. The molecular formula is C15H27IN4OS. The van der Waals surface area contributed by atoms with Gasteiger partial charge >= 0.3 is 0 Å². The monoisotopic (exact) mass is 438 g/mol. The van der Waals surface area contributed by atoms with Gasteiger partial charge in [0.2, 0.25) is 0 Å². The first kappa shape index (κ1) is 19.6. The molecule has 5 nitrogen and oxygen atoms in total. The Morgan fingerprint density at radius 3 is 2.77 bits per heavy atom. The molecule has 1 aliphatic carbocycles. The van der Waals surface area contributed by atoms with Crippen LogP contribution >= 0.6 is 35.3 Å². The van der Waals surface area contributed by atoms with Crippen LogP contribution in [0.1, 0.15) is 37.1 Å². The van der Waals surface area contributed by atoms with Gasteiger partial charge in [-0.1, -0.05) is 20.8 Å². The van der Waals surface area contributed by atoms with Crippen LogP contribution in [0.2, 0.25) is 0 Å². The first-order valence-electron chi connectivity index (χ1n) is 7.44. The van der Waals surface area contributed by atoms with Crippen molar-refractivity contribution in [2.24, 2.45) is 10.4 Å². The molecule has 7 heteroatoms. The molecule has 126 valence electrons. The summed E-state index contributed by atoms with van der Waals surface area (Å²) in [5, 5.41) is 7.92. The minimum atomic E-state index is 0. The zero-order valence-corrected chi connectivity index (χ0v) is 17.1. The van der Waals surface area contributed by atoms with E-state index in [1.807, 2.05) is 6.20 Å². The molecule has 2 unspecified atom stereocenters. The molecule has 2 rings (SSSR count). The number of guanidine groups is 1. The van der Waals surface area contributed by atoms with Gasteiger partial charge in [0.1, 0.15) is 5.01 Å². The Balaban J connectivity index is 0.00000242. The normalized spacial score (nSPS) is 23.4.